The number of fused-ring (bicyclic) bond motifs is 1. The zero-order chi connectivity index (χ0) is 29.3. The summed E-state index contributed by atoms with van der Waals surface area (Å²) in [4.78, 5) is 48.7. The molecule has 216 valence electrons. The van der Waals surface area contributed by atoms with Gasteiger partial charge in [0.1, 0.15) is 10.9 Å². The first kappa shape index (κ1) is 28.5. The molecule has 1 fully saturated rings. The van der Waals surface area contributed by atoms with Crippen molar-refractivity contribution in [1.29, 1.82) is 0 Å². The van der Waals surface area contributed by atoms with E-state index in [9.17, 15) is 9.59 Å². The Kier molecular flexibility index (Phi) is 8.25. The largest absolute Gasteiger partial charge is 0.496 e. The number of H-pyrrole nitrogens is 1. The number of hydrogen-bond acceptors (Lipinski definition) is 9. The second kappa shape index (κ2) is 11.9. The molecule has 0 aromatic carbocycles. The maximum atomic E-state index is 13.8. The number of carbonyl (C=O) groups excluding carboxylic acids is 2. The number of hydrogen-bond donors (Lipinski definition) is 3. The Hall–Kier alpha value is -4.00. The molecule has 2 aliphatic heterocycles. The fraction of sp³-hybridized carbons (Fsp3) is 0.393. The van der Waals surface area contributed by atoms with Crippen LogP contribution in [0.25, 0.3) is 11.6 Å². The van der Waals surface area contributed by atoms with Gasteiger partial charge < -0.3 is 25.7 Å². The number of piperazine rings is 1. The minimum absolute atomic E-state index is 0.0469. The third-order valence-corrected chi connectivity index (χ3v) is 7.77. The van der Waals surface area contributed by atoms with Crippen LogP contribution in [0.15, 0.2) is 18.5 Å². The van der Waals surface area contributed by atoms with Crippen molar-refractivity contribution in [2.75, 3.05) is 64.1 Å². The van der Waals surface area contributed by atoms with Crippen molar-refractivity contribution in [2.45, 2.75) is 20.4 Å². The SMILES string of the molecule is COc1c(C)cnc(CN2C(=O)/C(=C\c3cc(C(=O)NCCN4CCN(C)CC4)c[nH]3)c3c(Cl)nc(N)nc32)c1C. The number of aromatic amines is 1. The minimum Gasteiger partial charge on any atom is -0.496 e. The van der Waals surface area contributed by atoms with Gasteiger partial charge in [0, 0.05) is 68.5 Å². The van der Waals surface area contributed by atoms with Crippen molar-refractivity contribution in [3.63, 3.8) is 0 Å². The number of likely N-dealkylation sites (N-methyl/N-ethyl adjacent to an activating group) is 1. The van der Waals surface area contributed by atoms with Gasteiger partial charge in [-0.1, -0.05) is 11.6 Å². The summed E-state index contributed by atoms with van der Waals surface area (Å²) in [5.41, 5.74) is 9.94. The van der Waals surface area contributed by atoms with E-state index in [0.717, 1.165) is 43.9 Å². The summed E-state index contributed by atoms with van der Waals surface area (Å²) >= 11 is 6.49. The van der Waals surface area contributed by atoms with E-state index in [0.29, 0.717) is 40.6 Å². The van der Waals surface area contributed by atoms with Crippen molar-refractivity contribution in [2.24, 2.45) is 0 Å². The molecule has 0 unspecified atom stereocenters. The smallest absolute Gasteiger partial charge is 0.260 e. The number of amides is 2. The van der Waals surface area contributed by atoms with Gasteiger partial charge in [0.05, 0.1) is 36.0 Å². The molecular formula is C28H34ClN9O3. The summed E-state index contributed by atoms with van der Waals surface area (Å²) in [7, 11) is 3.71. The minimum atomic E-state index is -0.338. The second-order valence-corrected chi connectivity index (χ2v) is 10.7. The van der Waals surface area contributed by atoms with E-state index in [2.05, 4.69) is 42.1 Å². The fourth-order valence-corrected chi connectivity index (χ4v) is 5.43. The van der Waals surface area contributed by atoms with Gasteiger partial charge in [-0.3, -0.25) is 24.4 Å². The first-order chi connectivity index (χ1) is 19.7. The Balaban J connectivity index is 1.36. The molecule has 0 atom stereocenters. The molecule has 0 aliphatic carbocycles. The summed E-state index contributed by atoms with van der Waals surface area (Å²) in [5.74, 6) is 0.431. The van der Waals surface area contributed by atoms with E-state index in [4.69, 9.17) is 22.1 Å². The highest BCUT2D eigenvalue weighted by Crippen LogP contribution is 2.41. The van der Waals surface area contributed by atoms with Crippen LogP contribution in [-0.4, -0.2) is 95.0 Å². The molecule has 1 saturated heterocycles. The number of pyridine rings is 1. The summed E-state index contributed by atoms with van der Waals surface area (Å²) in [6.45, 7) is 9.32. The lowest BCUT2D eigenvalue weighted by atomic mass is 10.1. The fourth-order valence-electron chi connectivity index (χ4n) is 5.16. The first-order valence-electron chi connectivity index (χ1n) is 13.4. The number of carbonyl (C=O) groups is 2. The number of ether oxygens (including phenoxy) is 1. The Morgan fingerprint density at radius 2 is 2.00 bits per heavy atom. The number of rotatable bonds is 8. The average molecular weight is 580 g/mol. The third kappa shape index (κ3) is 5.90. The lowest BCUT2D eigenvalue weighted by Crippen LogP contribution is -2.46. The van der Waals surface area contributed by atoms with Gasteiger partial charge in [0.2, 0.25) is 5.95 Å². The number of nitrogens with two attached hydrogens (primary N) is 1. The van der Waals surface area contributed by atoms with Gasteiger partial charge in [-0.2, -0.15) is 4.98 Å². The molecule has 41 heavy (non-hydrogen) atoms. The van der Waals surface area contributed by atoms with Crippen molar-refractivity contribution < 1.29 is 14.3 Å². The van der Waals surface area contributed by atoms with E-state index in [1.54, 1.807) is 31.6 Å². The normalized spacial score (nSPS) is 16.9. The Labute approximate surface area is 243 Å². The van der Waals surface area contributed by atoms with E-state index in [1.807, 2.05) is 13.8 Å². The van der Waals surface area contributed by atoms with Crippen LogP contribution in [0, 0.1) is 13.8 Å². The molecule has 0 bridgehead atoms. The highest BCUT2D eigenvalue weighted by Gasteiger charge is 2.37. The first-order valence-corrected chi connectivity index (χ1v) is 13.8. The van der Waals surface area contributed by atoms with Gasteiger partial charge in [0.15, 0.2) is 5.82 Å². The summed E-state index contributed by atoms with van der Waals surface area (Å²) < 4.78 is 5.53. The maximum Gasteiger partial charge on any atom is 0.260 e. The molecular weight excluding hydrogens is 546 g/mol. The van der Waals surface area contributed by atoms with E-state index in [-0.39, 0.29) is 35.0 Å². The molecule has 5 heterocycles. The summed E-state index contributed by atoms with van der Waals surface area (Å²) in [6, 6.07) is 1.69. The van der Waals surface area contributed by atoms with Crippen molar-refractivity contribution in [3.8, 4) is 5.75 Å². The lowest BCUT2D eigenvalue weighted by molar-refractivity contribution is -0.113. The lowest BCUT2D eigenvalue weighted by Gasteiger charge is -2.32. The van der Waals surface area contributed by atoms with Crippen LogP contribution >= 0.6 is 11.6 Å². The zero-order valence-electron chi connectivity index (χ0n) is 23.6. The maximum absolute atomic E-state index is 13.8. The standard InChI is InChI=1S/C28H34ClN9O3/c1-16-13-33-21(17(2)23(16)41-4)15-38-25-22(24(29)34-28(30)35-25)20(27(38)40)12-19-11-18(14-32-19)26(39)31-5-6-37-9-7-36(3)8-10-37/h11-14,32H,5-10,15H2,1-4H3,(H,31,39)(H2,30,34,35)/b20-12-. The third-order valence-electron chi connectivity index (χ3n) is 7.50. The van der Waals surface area contributed by atoms with E-state index >= 15 is 0 Å². The van der Waals surface area contributed by atoms with Crippen molar-refractivity contribution in [3.05, 3.63) is 57.3 Å². The van der Waals surface area contributed by atoms with Crippen LogP contribution in [0.5, 0.6) is 5.75 Å². The zero-order valence-corrected chi connectivity index (χ0v) is 24.4. The summed E-state index contributed by atoms with van der Waals surface area (Å²) in [5, 5.41) is 3.04. The topological polar surface area (TPSA) is 146 Å². The molecule has 12 nitrogen and oxygen atoms in total. The van der Waals surface area contributed by atoms with Gasteiger partial charge in [-0.05, 0) is 33.0 Å². The Bertz CT molecular complexity index is 1510. The molecule has 0 radical (unpaired) electrons. The van der Waals surface area contributed by atoms with Crippen LogP contribution in [0.4, 0.5) is 11.8 Å². The quantitative estimate of drug-likeness (QED) is 0.270. The molecule has 3 aromatic rings. The second-order valence-electron chi connectivity index (χ2n) is 10.3. The van der Waals surface area contributed by atoms with Crippen LogP contribution in [0.2, 0.25) is 5.15 Å². The van der Waals surface area contributed by atoms with E-state index < -0.39 is 0 Å². The summed E-state index contributed by atoms with van der Waals surface area (Å²) in [6.07, 6.45) is 4.96. The van der Waals surface area contributed by atoms with Crippen LogP contribution < -0.4 is 20.7 Å². The predicted octanol–water partition coefficient (Wildman–Crippen LogP) is 2.13. The van der Waals surface area contributed by atoms with Crippen LogP contribution in [0.3, 0.4) is 0 Å². The molecule has 4 N–H and O–H groups in total. The molecule has 0 saturated carbocycles. The number of anilines is 2. The highest BCUT2D eigenvalue weighted by molar-refractivity contribution is 6.41. The highest BCUT2D eigenvalue weighted by atomic mass is 35.5. The van der Waals surface area contributed by atoms with Crippen molar-refractivity contribution in [1.82, 2.24) is 35.1 Å². The number of nitrogens with one attached hydrogen (secondary N) is 2. The average Bonchev–Trinajstić information content (AvgIpc) is 3.50. The van der Waals surface area contributed by atoms with Crippen molar-refractivity contribution >= 4 is 46.8 Å². The molecule has 13 heteroatoms. The monoisotopic (exact) mass is 579 g/mol. The number of nitrogens with zero attached hydrogens (tertiary/aromatic N) is 6. The number of halogens is 1. The Morgan fingerprint density at radius 3 is 2.73 bits per heavy atom. The Morgan fingerprint density at radius 1 is 1.24 bits per heavy atom. The molecule has 2 amide bonds. The van der Waals surface area contributed by atoms with Gasteiger partial charge in [0.25, 0.3) is 11.8 Å². The van der Waals surface area contributed by atoms with Gasteiger partial charge >= 0.3 is 0 Å². The number of methoxy groups -OCH3 is 1. The van der Waals surface area contributed by atoms with Gasteiger partial charge in [-0.15, -0.1) is 0 Å². The predicted molar refractivity (Wildman–Crippen MR) is 158 cm³/mol. The van der Waals surface area contributed by atoms with Gasteiger partial charge in [-0.25, -0.2) is 4.98 Å². The number of aryl methyl sites for hydroxylation is 1. The molecule has 5 rings (SSSR count). The van der Waals surface area contributed by atoms with E-state index in [1.165, 1.54) is 4.90 Å². The molecule has 0 spiro atoms. The molecule has 3 aromatic heterocycles. The molecule has 2 aliphatic rings. The number of nitrogen functional groups attached to an aromatic ring is 1. The van der Waals surface area contributed by atoms with Crippen LogP contribution in [-0.2, 0) is 11.3 Å². The van der Waals surface area contributed by atoms with Crippen LogP contribution in [0.1, 0.15) is 38.4 Å². The number of aromatic nitrogens is 4.